The second kappa shape index (κ2) is 7.16. The molecule has 1 aromatic carbocycles. The molecule has 112 valence electrons. The second-order valence-corrected chi connectivity index (χ2v) is 5.81. The zero-order valence-electron chi connectivity index (χ0n) is 12.3. The van der Waals surface area contributed by atoms with Gasteiger partial charge in [-0.05, 0) is 49.3 Å². The molecule has 1 atom stereocenters. The van der Waals surface area contributed by atoms with Crippen LogP contribution in [0.5, 0.6) is 0 Å². The highest BCUT2D eigenvalue weighted by Gasteiger charge is 2.21. The van der Waals surface area contributed by atoms with Crippen LogP contribution >= 0.6 is 0 Å². The van der Waals surface area contributed by atoms with E-state index in [4.69, 9.17) is 4.74 Å². The average Bonchev–Trinajstić information content (AvgIpc) is 3.20. The van der Waals surface area contributed by atoms with Crippen molar-refractivity contribution in [3.05, 3.63) is 34.6 Å². The zero-order chi connectivity index (χ0) is 14.5. The van der Waals surface area contributed by atoms with Crippen molar-refractivity contribution in [2.45, 2.75) is 39.3 Å². The van der Waals surface area contributed by atoms with Crippen molar-refractivity contribution in [1.29, 1.82) is 0 Å². The lowest BCUT2D eigenvalue weighted by atomic mass is 10.1. The van der Waals surface area contributed by atoms with Gasteiger partial charge in [-0.2, -0.15) is 0 Å². The SMILES string of the molecule is Cc1cc(CNCC(O)COCC2CC2)cc(C)c1F. The van der Waals surface area contributed by atoms with Gasteiger partial charge in [-0.15, -0.1) is 0 Å². The Labute approximate surface area is 120 Å². The van der Waals surface area contributed by atoms with Crippen LogP contribution in [0.3, 0.4) is 0 Å². The van der Waals surface area contributed by atoms with Crippen LogP contribution in [0, 0.1) is 25.6 Å². The Morgan fingerprint density at radius 3 is 2.60 bits per heavy atom. The number of halogens is 1. The first-order valence-electron chi connectivity index (χ1n) is 7.28. The molecular weight excluding hydrogens is 257 g/mol. The molecule has 1 fully saturated rings. The molecule has 1 unspecified atom stereocenters. The van der Waals surface area contributed by atoms with Gasteiger partial charge in [0, 0.05) is 19.7 Å². The number of benzene rings is 1. The third-order valence-electron chi connectivity index (χ3n) is 3.57. The van der Waals surface area contributed by atoms with Gasteiger partial charge in [-0.1, -0.05) is 12.1 Å². The summed E-state index contributed by atoms with van der Waals surface area (Å²) in [5, 5.41) is 12.9. The molecule has 4 heteroatoms. The van der Waals surface area contributed by atoms with Crippen molar-refractivity contribution in [3.8, 4) is 0 Å². The van der Waals surface area contributed by atoms with Crippen molar-refractivity contribution in [3.63, 3.8) is 0 Å². The number of hydrogen-bond acceptors (Lipinski definition) is 3. The molecule has 0 radical (unpaired) electrons. The summed E-state index contributed by atoms with van der Waals surface area (Å²) >= 11 is 0. The molecule has 20 heavy (non-hydrogen) atoms. The Morgan fingerprint density at radius 1 is 1.35 bits per heavy atom. The lowest BCUT2D eigenvalue weighted by Crippen LogP contribution is -2.30. The summed E-state index contributed by atoms with van der Waals surface area (Å²) in [6.45, 7) is 5.80. The highest BCUT2D eigenvalue weighted by molar-refractivity contribution is 5.30. The molecule has 0 spiro atoms. The Balaban J connectivity index is 1.66. The monoisotopic (exact) mass is 281 g/mol. The molecule has 0 aromatic heterocycles. The molecule has 2 rings (SSSR count). The van der Waals surface area contributed by atoms with E-state index in [1.165, 1.54) is 12.8 Å². The molecule has 1 aliphatic carbocycles. The maximum Gasteiger partial charge on any atom is 0.129 e. The van der Waals surface area contributed by atoms with Gasteiger partial charge in [-0.25, -0.2) is 4.39 Å². The van der Waals surface area contributed by atoms with E-state index in [0.717, 1.165) is 18.1 Å². The fraction of sp³-hybridized carbons (Fsp3) is 0.625. The summed E-state index contributed by atoms with van der Waals surface area (Å²) in [5.41, 5.74) is 2.36. The van der Waals surface area contributed by atoms with Gasteiger partial charge in [0.1, 0.15) is 5.82 Å². The number of ether oxygens (including phenoxy) is 1. The van der Waals surface area contributed by atoms with Gasteiger partial charge in [0.15, 0.2) is 0 Å². The predicted molar refractivity (Wildman–Crippen MR) is 77.1 cm³/mol. The lowest BCUT2D eigenvalue weighted by Gasteiger charge is -2.13. The first kappa shape index (κ1) is 15.4. The zero-order valence-corrected chi connectivity index (χ0v) is 12.3. The lowest BCUT2D eigenvalue weighted by molar-refractivity contribution is 0.0324. The number of hydrogen-bond donors (Lipinski definition) is 2. The Bertz CT molecular complexity index is 423. The van der Waals surface area contributed by atoms with Crippen molar-refractivity contribution in [2.24, 2.45) is 5.92 Å². The minimum absolute atomic E-state index is 0.137. The Kier molecular flexibility index (Phi) is 5.52. The topological polar surface area (TPSA) is 41.5 Å². The largest absolute Gasteiger partial charge is 0.389 e. The quantitative estimate of drug-likeness (QED) is 0.768. The summed E-state index contributed by atoms with van der Waals surface area (Å²) in [7, 11) is 0. The minimum atomic E-state index is -0.489. The van der Waals surface area contributed by atoms with Gasteiger partial charge >= 0.3 is 0 Å². The van der Waals surface area contributed by atoms with Crippen LogP contribution in [0.25, 0.3) is 0 Å². The van der Waals surface area contributed by atoms with E-state index >= 15 is 0 Å². The number of nitrogens with one attached hydrogen (secondary N) is 1. The van der Waals surface area contributed by atoms with Crippen molar-refractivity contribution in [1.82, 2.24) is 5.32 Å². The fourth-order valence-corrected chi connectivity index (χ4v) is 2.23. The normalized spacial score (nSPS) is 16.4. The summed E-state index contributed by atoms with van der Waals surface area (Å²) in [4.78, 5) is 0. The fourth-order valence-electron chi connectivity index (χ4n) is 2.23. The smallest absolute Gasteiger partial charge is 0.129 e. The van der Waals surface area contributed by atoms with Crippen LogP contribution in [0.15, 0.2) is 12.1 Å². The molecular formula is C16H24FNO2. The van der Waals surface area contributed by atoms with Crippen LogP contribution in [-0.2, 0) is 11.3 Å². The molecule has 0 aliphatic heterocycles. The van der Waals surface area contributed by atoms with Gasteiger partial charge in [-0.3, -0.25) is 0 Å². The molecule has 0 amide bonds. The van der Waals surface area contributed by atoms with E-state index < -0.39 is 6.10 Å². The molecule has 0 saturated heterocycles. The number of rotatable bonds is 8. The van der Waals surface area contributed by atoms with Crippen LogP contribution in [0.4, 0.5) is 4.39 Å². The van der Waals surface area contributed by atoms with Gasteiger partial charge in [0.05, 0.1) is 12.7 Å². The highest BCUT2D eigenvalue weighted by atomic mass is 19.1. The average molecular weight is 281 g/mol. The summed E-state index contributed by atoms with van der Waals surface area (Å²) in [6.07, 6.45) is 2.03. The predicted octanol–water partition coefficient (Wildman–Crippen LogP) is 2.32. The van der Waals surface area contributed by atoms with Gasteiger partial charge in [0.25, 0.3) is 0 Å². The first-order valence-corrected chi connectivity index (χ1v) is 7.28. The maximum absolute atomic E-state index is 13.5. The van der Waals surface area contributed by atoms with E-state index in [-0.39, 0.29) is 5.82 Å². The molecule has 3 nitrogen and oxygen atoms in total. The van der Waals surface area contributed by atoms with Crippen molar-refractivity contribution < 1.29 is 14.2 Å². The van der Waals surface area contributed by atoms with E-state index in [0.29, 0.717) is 30.8 Å². The third kappa shape index (κ3) is 4.85. The van der Waals surface area contributed by atoms with Crippen LogP contribution in [0.2, 0.25) is 0 Å². The minimum Gasteiger partial charge on any atom is -0.389 e. The summed E-state index contributed by atoms with van der Waals surface area (Å²) < 4.78 is 18.9. The van der Waals surface area contributed by atoms with Crippen molar-refractivity contribution in [2.75, 3.05) is 19.8 Å². The molecule has 0 bridgehead atoms. The van der Waals surface area contributed by atoms with E-state index in [2.05, 4.69) is 5.32 Å². The number of aliphatic hydroxyl groups excluding tert-OH is 1. The van der Waals surface area contributed by atoms with Crippen LogP contribution < -0.4 is 5.32 Å². The first-order chi connectivity index (χ1) is 9.56. The number of aliphatic hydroxyl groups is 1. The molecule has 1 aromatic rings. The maximum atomic E-state index is 13.5. The Morgan fingerprint density at radius 2 is 2.00 bits per heavy atom. The van der Waals surface area contributed by atoms with Crippen LogP contribution in [-0.4, -0.2) is 31.0 Å². The molecule has 0 heterocycles. The van der Waals surface area contributed by atoms with Crippen LogP contribution in [0.1, 0.15) is 29.5 Å². The van der Waals surface area contributed by atoms with Crippen molar-refractivity contribution >= 4 is 0 Å². The van der Waals surface area contributed by atoms with Gasteiger partial charge < -0.3 is 15.2 Å². The highest BCUT2D eigenvalue weighted by Crippen LogP contribution is 2.28. The standard InChI is InChI=1S/C16H24FNO2/c1-11-5-14(6-12(2)16(11)17)7-18-8-15(19)10-20-9-13-3-4-13/h5-6,13,15,18-19H,3-4,7-10H2,1-2H3. The Hall–Kier alpha value is -0.970. The van der Waals surface area contributed by atoms with E-state index in [1.54, 1.807) is 13.8 Å². The molecule has 1 saturated carbocycles. The summed E-state index contributed by atoms with van der Waals surface area (Å²) in [6, 6.07) is 3.68. The van der Waals surface area contributed by atoms with E-state index in [9.17, 15) is 9.50 Å². The second-order valence-electron chi connectivity index (χ2n) is 5.81. The van der Waals surface area contributed by atoms with E-state index in [1.807, 2.05) is 12.1 Å². The van der Waals surface area contributed by atoms with Gasteiger partial charge in [0.2, 0.25) is 0 Å². The molecule has 2 N–H and O–H groups in total. The number of aryl methyl sites for hydroxylation is 2. The summed E-state index contributed by atoms with van der Waals surface area (Å²) in [5.74, 6) is 0.586. The third-order valence-corrected chi connectivity index (χ3v) is 3.57. The molecule has 1 aliphatic rings.